The third kappa shape index (κ3) is 6.62. The molecular weight excluding hydrogens is 535 g/mol. The fraction of sp³-hybridized carbons (Fsp3) is 0.400. The molecular formula is C25H28F3N5O5Si. The van der Waals surface area contributed by atoms with Gasteiger partial charge >= 0.3 is 12.1 Å². The number of ether oxygens (including phenoxy) is 2. The highest BCUT2D eigenvalue weighted by Gasteiger charge is 2.42. The molecule has 14 heteroatoms. The Labute approximate surface area is 223 Å². The monoisotopic (exact) mass is 563 g/mol. The zero-order valence-corrected chi connectivity index (χ0v) is 22.6. The molecule has 0 radical (unpaired) electrons. The molecule has 1 aromatic carbocycles. The number of anilines is 1. The molecule has 3 heterocycles. The molecule has 39 heavy (non-hydrogen) atoms. The molecule has 2 aromatic heterocycles. The molecule has 0 saturated heterocycles. The van der Waals surface area contributed by atoms with Gasteiger partial charge in [-0.05, 0) is 17.2 Å². The first-order valence-corrected chi connectivity index (χ1v) is 15.8. The third-order valence-electron chi connectivity index (χ3n) is 6.17. The van der Waals surface area contributed by atoms with Gasteiger partial charge in [0.1, 0.15) is 18.9 Å². The molecule has 0 spiro atoms. The Bertz CT molecular complexity index is 1410. The van der Waals surface area contributed by atoms with Crippen molar-refractivity contribution in [2.24, 2.45) is 0 Å². The molecule has 1 atom stereocenters. The van der Waals surface area contributed by atoms with Gasteiger partial charge in [-0.25, -0.2) is 14.5 Å². The minimum Gasteiger partial charge on any atom is -0.475 e. The molecule has 208 valence electrons. The predicted molar refractivity (Wildman–Crippen MR) is 137 cm³/mol. The summed E-state index contributed by atoms with van der Waals surface area (Å²) >= 11 is 0. The maximum absolute atomic E-state index is 14.3. The highest BCUT2D eigenvalue weighted by molar-refractivity contribution is 6.76. The molecule has 1 N–H and O–H groups in total. The molecule has 1 unspecified atom stereocenters. The summed E-state index contributed by atoms with van der Waals surface area (Å²) in [7, 11) is -1.43. The second-order valence-electron chi connectivity index (χ2n) is 10.2. The Hall–Kier alpha value is -3.78. The number of carboxylic acids is 1. The van der Waals surface area contributed by atoms with E-state index in [4.69, 9.17) is 14.6 Å². The number of carbonyl (C=O) groups is 1. The molecule has 0 aliphatic carbocycles. The first-order chi connectivity index (χ1) is 18.3. The zero-order chi connectivity index (χ0) is 28.4. The van der Waals surface area contributed by atoms with Crippen LogP contribution in [0.5, 0.6) is 5.88 Å². The van der Waals surface area contributed by atoms with E-state index in [0.29, 0.717) is 16.9 Å². The lowest BCUT2D eigenvalue weighted by Gasteiger charge is -2.29. The number of halogens is 3. The number of benzene rings is 1. The van der Waals surface area contributed by atoms with E-state index in [-0.39, 0.29) is 31.4 Å². The lowest BCUT2D eigenvalue weighted by Crippen LogP contribution is -2.36. The van der Waals surface area contributed by atoms with Crippen molar-refractivity contribution in [3.05, 3.63) is 75.6 Å². The number of rotatable bonds is 10. The summed E-state index contributed by atoms with van der Waals surface area (Å²) < 4.78 is 54.8. The maximum Gasteiger partial charge on any atom is 0.423 e. The zero-order valence-electron chi connectivity index (χ0n) is 21.6. The Kier molecular flexibility index (Phi) is 8.06. The van der Waals surface area contributed by atoms with Crippen LogP contribution in [-0.2, 0) is 24.2 Å². The normalized spacial score (nSPS) is 15.3. The fourth-order valence-electron chi connectivity index (χ4n) is 4.17. The van der Waals surface area contributed by atoms with Crippen LogP contribution in [0.4, 0.5) is 18.9 Å². The first-order valence-electron chi connectivity index (χ1n) is 12.1. The number of aromatic nitrogens is 4. The lowest BCUT2D eigenvalue weighted by molar-refractivity contribution is -0.138. The molecule has 1 aliphatic heterocycles. The molecule has 0 saturated carbocycles. The SMILES string of the molecule is C[Si](C)(C)CCOCn1ncc(N2Cc3ccccc3C2COc2ccnc(C(=O)O)n2)c(C(F)(F)F)c1=O. The van der Waals surface area contributed by atoms with Gasteiger partial charge in [-0.15, -0.1) is 0 Å². The van der Waals surface area contributed by atoms with Crippen LogP contribution in [0.3, 0.4) is 0 Å². The summed E-state index contributed by atoms with van der Waals surface area (Å²) in [5.41, 5.74) is -1.57. The summed E-state index contributed by atoms with van der Waals surface area (Å²) in [5, 5.41) is 13.1. The van der Waals surface area contributed by atoms with E-state index < -0.39 is 43.2 Å². The fourth-order valence-corrected chi connectivity index (χ4v) is 4.93. The van der Waals surface area contributed by atoms with E-state index in [1.54, 1.807) is 24.3 Å². The summed E-state index contributed by atoms with van der Waals surface area (Å²) in [6.07, 6.45) is -2.72. The molecule has 10 nitrogen and oxygen atoms in total. The number of aromatic carboxylic acids is 1. The molecule has 4 rings (SSSR count). The van der Waals surface area contributed by atoms with Crippen LogP contribution in [0.25, 0.3) is 0 Å². The largest absolute Gasteiger partial charge is 0.475 e. The summed E-state index contributed by atoms with van der Waals surface area (Å²) in [4.78, 5) is 33.1. The van der Waals surface area contributed by atoms with E-state index in [0.717, 1.165) is 17.8 Å². The standard InChI is InChI=1S/C25H28F3N5O5Si/c1-39(2,3)11-10-37-15-33-23(34)21(25(26,27)28)18(12-30-33)32-13-16-6-4-5-7-17(16)19(32)14-38-20-8-9-29-22(31-20)24(35)36/h4-9,12,19H,10-11,13-15H2,1-3H3,(H,35,36). The molecule has 0 amide bonds. The van der Waals surface area contributed by atoms with Crippen molar-refractivity contribution in [1.29, 1.82) is 0 Å². The van der Waals surface area contributed by atoms with Crippen molar-refractivity contribution in [3.8, 4) is 5.88 Å². The van der Waals surface area contributed by atoms with Gasteiger partial charge < -0.3 is 19.5 Å². The smallest absolute Gasteiger partial charge is 0.423 e. The van der Waals surface area contributed by atoms with Crippen molar-refractivity contribution in [1.82, 2.24) is 19.7 Å². The van der Waals surface area contributed by atoms with Gasteiger partial charge in [0, 0.05) is 33.5 Å². The Balaban J connectivity index is 1.65. The van der Waals surface area contributed by atoms with Gasteiger partial charge in [-0.3, -0.25) is 4.79 Å². The molecule has 0 fully saturated rings. The Morgan fingerprint density at radius 3 is 2.64 bits per heavy atom. The number of fused-ring (bicyclic) bond motifs is 1. The van der Waals surface area contributed by atoms with Crippen LogP contribution in [-0.4, -0.2) is 52.1 Å². The predicted octanol–water partition coefficient (Wildman–Crippen LogP) is 4.20. The van der Waals surface area contributed by atoms with Crippen molar-refractivity contribution in [2.75, 3.05) is 18.1 Å². The minimum atomic E-state index is -4.96. The van der Waals surface area contributed by atoms with E-state index in [1.165, 1.54) is 17.2 Å². The van der Waals surface area contributed by atoms with Gasteiger partial charge in [-0.2, -0.15) is 23.3 Å². The van der Waals surface area contributed by atoms with Gasteiger partial charge in [0.15, 0.2) is 0 Å². The van der Waals surface area contributed by atoms with Crippen LogP contribution in [0, 0.1) is 0 Å². The van der Waals surface area contributed by atoms with E-state index in [2.05, 4.69) is 34.7 Å². The second-order valence-corrected chi connectivity index (χ2v) is 15.9. The Morgan fingerprint density at radius 2 is 1.95 bits per heavy atom. The summed E-state index contributed by atoms with van der Waals surface area (Å²) in [6, 6.07) is 8.47. The number of hydrogen-bond acceptors (Lipinski definition) is 8. The van der Waals surface area contributed by atoms with E-state index in [9.17, 15) is 22.8 Å². The quantitative estimate of drug-likeness (QED) is 0.286. The Morgan fingerprint density at radius 1 is 1.21 bits per heavy atom. The van der Waals surface area contributed by atoms with Gasteiger partial charge in [0.05, 0.1) is 17.9 Å². The first kappa shape index (κ1) is 28.2. The van der Waals surface area contributed by atoms with Crippen LogP contribution >= 0.6 is 0 Å². The average molecular weight is 564 g/mol. The van der Waals surface area contributed by atoms with Crippen LogP contribution < -0.4 is 15.2 Å². The van der Waals surface area contributed by atoms with Gasteiger partial charge in [0.25, 0.3) is 5.56 Å². The summed E-state index contributed by atoms with van der Waals surface area (Å²) in [5.74, 6) is -1.87. The maximum atomic E-state index is 14.3. The number of hydrogen-bond donors (Lipinski definition) is 1. The summed E-state index contributed by atoms with van der Waals surface area (Å²) in [6.45, 7) is 6.26. The van der Waals surface area contributed by atoms with Crippen molar-refractivity contribution >= 4 is 19.7 Å². The van der Waals surface area contributed by atoms with Gasteiger partial charge in [-0.1, -0.05) is 43.9 Å². The van der Waals surface area contributed by atoms with Crippen molar-refractivity contribution in [3.63, 3.8) is 0 Å². The third-order valence-corrected chi connectivity index (χ3v) is 7.87. The highest BCUT2D eigenvalue weighted by Crippen LogP contribution is 2.42. The number of nitrogens with zero attached hydrogens (tertiary/aromatic N) is 5. The average Bonchev–Trinajstić information content (AvgIpc) is 3.23. The highest BCUT2D eigenvalue weighted by atomic mass is 28.3. The number of alkyl halides is 3. The van der Waals surface area contributed by atoms with Crippen LogP contribution in [0.1, 0.15) is 33.4 Å². The topological polar surface area (TPSA) is 120 Å². The van der Waals surface area contributed by atoms with Crippen molar-refractivity contribution in [2.45, 2.75) is 51.2 Å². The van der Waals surface area contributed by atoms with Gasteiger partial charge in [0.2, 0.25) is 11.7 Å². The van der Waals surface area contributed by atoms with Crippen LogP contribution in [0.2, 0.25) is 25.7 Å². The molecule has 0 bridgehead atoms. The second kappa shape index (κ2) is 11.1. The van der Waals surface area contributed by atoms with E-state index in [1.807, 2.05) is 0 Å². The van der Waals surface area contributed by atoms with E-state index >= 15 is 0 Å². The van der Waals surface area contributed by atoms with Crippen LogP contribution in [0.15, 0.2) is 47.5 Å². The van der Waals surface area contributed by atoms with Crippen molar-refractivity contribution < 1.29 is 32.5 Å². The minimum absolute atomic E-state index is 0.0493. The molecule has 3 aromatic rings. The number of carboxylic acid groups (broad SMARTS) is 1. The molecule has 1 aliphatic rings. The lowest BCUT2D eigenvalue weighted by atomic mass is 10.1.